The summed E-state index contributed by atoms with van der Waals surface area (Å²) in [4.78, 5) is 0.326. The van der Waals surface area contributed by atoms with Crippen LogP contribution in [0, 0.1) is 19.8 Å². The van der Waals surface area contributed by atoms with E-state index in [1.807, 2.05) is 6.92 Å². The Bertz CT molecular complexity index is 634. The van der Waals surface area contributed by atoms with Gasteiger partial charge in [-0.25, -0.2) is 13.1 Å². The summed E-state index contributed by atoms with van der Waals surface area (Å²) < 4.78 is 33.6. The summed E-state index contributed by atoms with van der Waals surface area (Å²) in [5.41, 5.74) is 7.29. The highest BCUT2D eigenvalue weighted by molar-refractivity contribution is 7.89. The van der Waals surface area contributed by atoms with Crippen LogP contribution < -0.4 is 15.2 Å². The molecule has 2 rings (SSSR count). The average Bonchev–Trinajstić information content (AvgIpc) is 2.49. The lowest BCUT2D eigenvalue weighted by Gasteiger charge is -2.31. The van der Waals surface area contributed by atoms with E-state index in [1.165, 1.54) is 0 Å². The molecule has 0 radical (unpaired) electrons. The van der Waals surface area contributed by atoms with Crippen LogP contribution in [0.1, 0.15) is 36.8 Å². The first-order valence-corrected chi connectivity index (χ1v) is 9.25. The standard InChI is InChI=1S/C16H26N2O3S.ClH/c1-11-9-16(12(2)8-15(11)21-3)22(19,20)18-14-7-5-4-6-13(14)10-17;/h8-9,13-14,18H,4-7,10,17H2,1-3H3;1H. The van der Waals surface area contributed by atoms with Crippen molar-refractivity contribution in [3.8, 4) is 5.75 Å². The molecule has 1 aliphatic carbocycles. The molecule has 1 saturated carbocycles. The average molecular weight is 363 g/mol. The van der Waals surface area contributed by atoms with Gasteiger partial charge in [-0.2, -0.15) is 0 Å². The van der Waals surface area contributed by atoms with Gasteiger partial charge in [0.2, 0.25) is 10.0 Å². The summed E-state index contributed by atoms with van der Waals surface area (Å²) in [7, 11) is -1.96. The molecule has 2 atom stereocenters. The Kier molecular flexibility index (Phi) is 7.32. The SMILES string of the molecule is COc1cc(C)c(S(=O)(=O)NC2CCCCC2CN)cc1C.Cl. The Morgan fingerprint density at radius 1 is 1.22 bits per heavy atom. The fourth-order valence-corrected chi connectivity index (χ4v) is 4.83. The van der Waals surface area contributed by atoms with Gasteiger partial charge in [0.1, 0.15) is 5.75 Å². The van der Waals surface area contributed by atoms with Gasteiger partial charge in [0.15, 0.2) is 0 Å². The van der Waals surface area contributed by atoms with E-state index in [0.29, 0.717) is 22.8 Å². The third-order valence-electron chi connectivity index (χ3n) is 4.50. The molecule has 2 unspecified atom stereocenters. The first-order chi connectivity index (χ1) is 10.4. The lowest BCUT2D eigenvalue weighted by Crippen LogP contribution is -2.44. The second-order valence-electron chi connectivity index (χ2n) is 6.10. The zero-order valence-corrected chi connectivity index (χ0v) is 15.6. The minimum absolute atomic E-state index is 0. The molecule has 5 nitrogen and oxygen atoms in total. The molecular weight excluding hydrogens is 336 g/mol. The van der Waals surface area contributed by atoms with Crippen LogP contribution in [0.15, 0.2) is 17.0 Å². The van der Waals surface area contributed by atoms with Crippen LogP contribution in [-0.4, -0.2) is 28.1 Å². The quantitative estimate of drug-likeness (QED) is 0.843. The highest BCUT2D eigenvalue weighted by atomic mass is 35.5. The van der Waals surface area contributed by atoms with Crippen molar-refractivity contribution in [2.75, 3.05) is 13.7 Å². The Labute approximate surface area is 145 Å². The molecule has 7 heteroatoms. The maximum atomic E-state index is 12.7. The third kappa shape index (κ3) is 4.59. The minimum atomic E-state index is -3.54. The van der Waals surface area contributed by atoms with Crippen molar-refractivity contribution in [1.82, 2.24) is 4.72 Å². The molecule has 0 heterocycles. The Balaban J connectivity index is 0.00000264. The molecule has 0 aromatic heterocycles. The minimum Gasteiger partial charge on any atom is -0.496 e. The van der Waals surface area contributed by atoms with Gasteiger partial charge in [-0.3, -0.25) is 0 Å². The van der Waals surface area contributed by atoms with Crippen molar-refractivity contribution in [2.24, 2.45) is 11.7 Å². The summed E-state index contributed by atoms with van der Waals surface area (Å²) in [6, 6.07) is 3.38. The van der Waals surface area contributed by atoms with Gasteiger partial charge in [-0.15, -0.1) is 12.4 Å². The highest BCUT2D eigenvalue weighted by Crippen LogP contribution is 2.28. The van der Waals surface area contributed by atoms with E-state index in [-0.39, 0.29) is 24.4 Å². The molecule has 0 bridgehead atoms. The van der Waals surface area contributed by atoms with Crippen molar-refractivity contribution in [3.63, 3.8) is 0 Å². The van der Waals surface area contributed by atoms with E-state index in [2.05, 4.69) is 4.72 Å². The number of rotatable bonds is 5. The van der Waals surface area contributed by atoms with Crippen LogP contribution in [0.2, 0.25) is 0 Å². The summed E-state index contributed by atoms with van der Waals surface area (Å²) in [5.74, 6) is 0.928. The number of hydrogen-bond acceptors (Lipinski definition) is 4. The predicted octanol–water partition coefficient (Wildman–Crippen LogP) is 2.53. The molecule has 1 aromatic carbocycles. The van der Waals surface area contributed by atoms with E-state index in [9.17, 15) is 8.42 Å². The van der Waals surface area contributed by atoms with Gasteiger partial charge >= 0.3 is 0 Å². The topological polar surface area (TPSA) is 81.4 Å². The van der Waals surface area contributed by atoms with Crippen LogP contribution in [-0.2, 0) is 10.0 Å². The fraction of sp³-hybridized carbons (Fsp3) is 0.625. The summed E-state index contributed by atoms with van der Waals surface area (Å²) in [6.45, 7) is 4.16. The number of sulfonamides is 1. The van der Waals surface area contributed by atoms with Gasteiger partial charge in [-0.1, -0.05) is 12.8 Å². The number of nitrogens with two attached hydrogens (primary N) is 1. The number of benzene rings is 1. The van der Waals surface area contributed by atoms with E-state index in [1.54, 1.807) is 26.2 Å². The number of ether oxygens (including phenoxy) is 1. The smallest absolute Gasteiger partial charge is 0.241 e. The predicted molar refractivity (Wildman–Crippen MR) is 94.8 cm³/mol. The van der Waals surface area contributed by atoms with Gasteiger partial charge in [0.05, 0.1) is 12.0 Å². The van der Waals surface area contributed by atoms with Crippen molar-refractivity contribution >= 4 is 22.4 Å². The van der Waals surface area contributed by atoms with Crippen LogP contribution in [0.4, 0.5) is 0 Å². The van der Waals surface area contributed by atoms with Crippen molar-refractivity contribution in [2.45, 2.75) is 50.5 Å². The van der Waals surface area contributed by atoms with Gasteiger partial charge in [0.25, 0.3) is 0 Å². The number of halogens is 1. The molecule has 1 fully saturated rings. The zero-order chi connectivity index (χ0) is 16.3. The number of methoxy groups -OCH3 is 1. The summed E-state index contributed by atoms with van der Waals surface area (Å²) in [5, 5.41) is 0. The lowest BCUT2D eigenvalue weighted by atomic mass is 9.85. The molecule has 0 spiro atoms. The highest BCUT2D eigenvalue weighted by Gasteiger charge is 2.29. The molecule has 3 N–H and O–H groups in total. The van der Waals surface area contributed by atoms with Gasteiger partial charge in [0, 0.05) is 6.04 Å². The van der Waals surface area contributed by atoms with Gasteiger partial charge in [-0.05, 0) is 62.4 Å². The normalized spacial score (nSPS) is 21.6. The summed E-state index contributed by atoms with van der Waals surface area (Å²) >= 11 is 0. The first kappa shape index (κ1) is 20.2. The van der Waals surface area contributed by atoms with Crippen LogP contribution in [0.3, 0.4) is 0 Å². The maximum absolute atomic E-state index is 12.7. The largest absolute Gasteiger partial charge is 0.496 e. The molecule has 1 aliphatic rings. The van der Waals surface area contributed by atoms with Crippen molar-refractivity contribution < 1.29 is 13.2 Å². The third-order valence-corrected chi connectivity index (χ3v) is 6.13. The Morgan fingerprint density at radius 3 is 2.48 bits per heavy atom. The van der Waals surface area contributed by atoms with Crippen LogP contribution >= 0.6 is 12.4 Å². The Hall–Kier alpha value is -0.820. The second-order valence-corrected chi connectivity index (χ2v) is 7.78. The molecule has 0 amide bonds. The molecule has 0 saturated heterocycles. The number of hydrogen-bond donors (Lipinski definition) is 2. The van der Waals surface area contributed by atoms with E-state index in [4.69, 9.17) is 10.5 Å². The van der Waals surface area contributed by atoms with Crippen molar-refractivity contribution in [1.29, 1.82) is 0 Å². The number of nitrogens with one attached hydrogen (secondary N) is 1. The molecular formula is C16H27ClN2O3S. The molecule has 0 aliphatic heterocycles. The molecule has 132 valence electrons. The Morgan fingerprint density at radius 2 is 1.87 bits per heavy atom. The second kappa shape index (κ2) is 8.33. The van der Waals surface area contributed by atoms with E-state index < -0.39 is 10.0 Å². The first-order valence-electron chi connectivity index (χ1n) is 7.76. The number of aryl methyl sites for hydroxylation is 2. The molecule has 1 aromatic rings. The van der Waals surface area contributed by atoms with E-state index >= 15 is 0 Å². The van der Waals surface area contributed by atoms with Crippen LogP contribution in [0.5, 0.6) is 5.75 Å². The summed E-state index contributed by atoms with van der Waals surface area (Å²) in [6.07, 6.45) is 4.02. The fourth-order valence-electron chi connectivity index (χ4n) is 3.18. The van der Waals surface area contributed by atoms with Gasteiger partial charge < -0.3 is 10.5 Å². The lowest BCUT2D eigenvalue weighted by molar-refractivity contribution is 0.296. The molecule has 23 heavy (non-hydrogen) atoms. The monoisotopic (exact) mass is 362 g/mol. The van der Waals surface area contributed by atoms with Crippen molar-refractivity contribution in [3.05, 3.63) is 23.3 Å². The van der Waals surface area contributed by atoms with E-state index in [0.717, 1.165) is 31.2 Å². The van der Waals surface area contributed by atoms with Crippen LogP contribution in [0.25, 0.3) is 0 Å². The maximum Gasteiger partial charge on any atom is 0.241 e. The zero-order valence-electron chi connectivity index (χ0n) is 14.0.